The number of carbonyl (C=O) groups excluding carboxylic acids is 4. The highest BCUT2D eigenvalue weighted by Gasteiger charge is 2.52. The van der Waals surface area contributed by atoms with E-state index in [0.717, 1.165) is 17.9 Å². The zero-order valence-electron chi connectivity index (χ0n) is 22.1. The lowest BCUT2D eigenvalue weighted by molar-refractivity contribution is -0.141. The fourth-order valence-electron chi connectivity index (χ4n) is 4.28. The van der Waals surface area contributed by atoms with Crippen LogP contribution in [0, 0.1) is 5.92 Å². The van der Waals surface area contributed by atoms with Crippen LogP contribution in [0.3, 0.4) is 0 Å². The molecule has 2 rings (SSSR count). The van der Waals surface area contributed by atoms with E-state index in [4.69, 9.17) is 9.94 Å². The summed E-state index contributed by atoms with van der Waals surface area (Å²) < 4.78 is 5.20. The van der Waals surface area contributed by atoms with Crippen molar-refractivity contribution in [3.63, 3.8) is 0 Å². The monoisotopic (exact) mass is 546 g/mol. The number of thioether (sulfide) groups is 2. The number of nitrogens with one attached hydrogen (secondary N) is 3. The molecule has 0 saturated carbocycles. The molecule has 1 spiro atoms. The number of nitrogens with zero attached hydrogens (tertiary/aromatic N) is 1. The highest BCUT2D eigenvalue weighted by atomic mass is 32.2. The molecule has 12 heteroatoms. The summed E-state index contributed by atoms with van der Waals surface area (Å²) in [5.41, 5.74) is 0.922. The van der Waals surface area contributed by atoms with Gasteiger partial charge < -0.3 is 20.3 Å². The lowest BCUT2D eigenvalue weighted by atomic mass is 9.97. The Morgan fingerprint density at radius 3 is 2.39 bits per heavy atom. The number of unbranched alkanes of at least 4 members (excludes halogenated alkanes) is 2. The smallest absolute Gasteiger partial charge is 0.408 e. The molecule has 3 atom stereocenters. The molecule has 10 nitrogen and oxygen atoms in total. The highest BCUT2D eigenvalue weighted by molar-refractivity contribution is 8.21. The van der Waals surface area contributed by atoms with Crippen molar-refractivity contribution in [1.82, 2.24) is 21.0 Å². The summed E-state index contributed by atoms with van der Waals surface area (Å²) in [4.78, 5) is 52.3. The van der Waals surface area contributed by atoms with Crippen LogP contribution < -0.4 is 16.1 Å². The van der Waals surface area contributed by atoms with Crippen LogP contribution in [0.1, 0.15) is 73.1 Å². The summed E-state index contributed by atoms with van der Waals surface area (Å²) in [6.07, 6.45) is 2.86. The third-order valence-corrected chi connectivity index (χ3v) is 9.77. The molecule has 2 aliphatic rings. The van der Waals surface area contributed by atoms with Crippen LogP contribution in [-0.4, -0.2) is 80.3 Å². The Kier molecular flexibility index (Phi) is 11.7. The van der Waals surface area contributed by atoms with E-state index in [2.05, 4.69) is 10.6 Å². The van der Waals surface area contributed by atoms with Crippen molar-refractivity contribution in [1.29, 1.82) is 0 Å². The van der Waals surface area contributed by atoms with Gasteiger partial charge in [0.15, 0.2) is 0 Å². The first-order valence-corrected chi connectivity index (χ1v) is 14.7. The molecule has 0 radical (unpaired) electrons. The van der Waals surface area contributed by atoms with Gasteiger partial charge in [0.2, 0.25) is 17.7 Å². The van der Waals surface area contributed by atoms with E-state index in [1.54, 1.807) is 54.7 Å². The molecule has 2 aliphatic heterocycles. The van der Waals surface area contributed by atoms with Gasteiger partial charge in [0.1, 0.15) is 17.7 Å². The first-order chi connectivity index (χ1) is 16.9. The minimum atomic E-state index is -0.788. The second-order valence-electron chi connectivity index (χ2n) is 10.4. The van der Waals surface area contributed by atoms with Gasteiger partial charge >= 0.3 is 6.09 Å². The van der Waals surface area contributed by atoms with Crippen molar-refractivity contribution < 1.29 is 29.1 Å². The molecule has 2 heterocycles. The van der Waals surface area contributed by atoms with Gasteiger partial charge in [-0.25, -0.2) is 10.3 Å². The van der Waals surface area contributed by atoms with E-state index in [-0.39, 0.29) is 28.2 Å². The molecular weight excluding hydrogens is 504 g/mol. The number of hydrogen-bond donors (Lipinski definition) is 4. The maximum atomic E-state index is 13.8. The number of carbonyl (C=O) groups is 4. The molecule has 36 heavy (non-hydrogen) atoms. The summed E-state index contributed by atoms with van der Waals surface area (Å²) in [6, 6.07) is -1.40. The summed E-state index contributed by atoms with van der Waals surface area (Å²) in [7, 11) is 0. The van der Waals surface area contributed by atoms with Crippen LogP contribution in [0.5, 0.6) is 0 Å². The second-order valence-corrected chi connectivity index (χ2v) is 13.7. The van der Waals surface area contributed by atoms with Gasteiger partial charge in [0.25, 0.3) is 0 Å². The van der Waals surface area contributed by atoms with Gasteiger partial charge in [-0.15, -0.1) is 23.5 Å². The molecule has 206 valence electrons. The maximum Gasteiger partial charge on any atom is 0.408 e. The molecule has 0 bridgehead atoms. The third-order valence-electron chi connectivity index (χ3n) is 6.35. The molecule has 0 aromatic heterocycles. The van der Waals surface area contributed by atoms with E-state index >= 15 is 0 Å². The number of ether oxygens (including phenoxy) is 1. The number of amides is 4. The molecule has 4 amide bonds. The largest absolute Gasteiger partial charge is 0.444 e. The summed E-state index contributed by atoms with van der Waals surface area (Å²) in [5, 5.41) is 14.3. The second kappa shape index (κ2) is 13.8. The Morgan fingerprint density at radius 2 is 1.81 bits per heavy atom. The van der Waals surface area contributed by atoms with E-state index < -0.39 is 29.7 Å². The van der Waals surface area contributed by atoms with Crippen LogP contribution in [0.4, 0.5) is 4.79 Å². The van der Waals surface area contributed by atoms with Crippen molar-refractivity contribution >= 4 is 47.3 Å². The quantitative estimate of drug-likeness (QED) is 0.176. The molecular formula is C24H42N4O6S2. The van der Waals surface area contributed by atoms with Gasteiger partial charge in [-0.2, -0.15) is 0 Å². The molecule has 2 fully saturated rings. The van der Waals surface area contributed by atoms with Gasteiger partial charge in [-0.05, 0) is 39.5 Å². The van der Waals surface area contributed by atoms with E-state index in [1.807, 2.05) is 13.8 Å². The number of rotatable bonds is 11. The lowest BCUT2D eigenvalue weighted by Gasteiger charge is -2.32. The molecule has 0 unspecified atom stereocenters. The molecule has 4 N–H and O–H groups in total. The molecule has 0 aliphatic carbocycles. The number of hydroxylamine groups is 1. The van der Waals surface area contributed by atoms with Gasteiger partial charge in [0, 0.05) is 37.4 Å². The minimum absolute atomic E-state index is 0.134. The van der Waals surface area contributed by atoms with Crippen molar-refractivity contribution in [2.75, 3.05) is 24.6 Å². The fourth-order valence-corrected chi connectivity index (χ4v) is 7.54. The Bertz CT molecular complexity index is 785. The van der Waals surface area contributed by atoms with Crippen LogP contribution in [-0.2, 0) is 19.1 Å². The zero-order chi connectivity index (χ0) is 26.9. The van der Waals surface area contributed by atoms with Crippen molar-refractivity contribution in [3.8, 4) is 0 Å². The average molecular weight is 547 g/mol. The topological polar surface area (TPSA) is 137 Å². The molecule has 2 saturated heterocycles. The molecule has 0 aromatic rings. The lowest BCUT2D eigenvalue weighted by Crippen LogP contribution is -2.56. The first kappa shape index (κ1) is 30.6. The van der Waals surface area contributed by atoms with Crippen LogP contribution in [0.15, 0.2) is 0 Å². The highest BCUT2D eigenvalue weighted by Crippen LogP contribution is 2.52. The van der Waals surface area contributed by atoms with Gasteiger partial charge in [-0.1, -0.05) is 26.7 Å². The van der Waals surface area contributed by atoms with Crippen molar-refractivity contribution in [2.24, 2.45) is 5.92 Å². The zero-order valence-corrected chi connectivity index (χ0v) is 23.7. The van der Waals surface area contributed by atoms with E-state index in [1.165, 1.54) is 0 Å². The predicted molar refractivity (Wildman–Crippen MR) is 142 cm³/mol. The normalized spacial score (nSPS) is 20.6. The third kappa shape index (κ3) is 9.02. The summed E-state index contributed by atoms with van der Waals surface area (Å²) in [6.45, 7) is 10.1. The van der Waals surface area contributed by atoms with Crippen molar-refractivity contribution in [3.05, 3.63) is 0 Å². The average Bonchev–Trinajstić information content (AvgIpc) is 3.44. The number of alkyl carbamates (subject to hydrolysis) is 1. The van der Waals surface area contributed by atoms with Crippen LogP contribution >= 0.6 is 23.5 Å². The van der Waals surface area contributed by atoms with E-state index in [9.17, 15) is 19.2 Å². The van der Waals surface area contributed by atoms with Gasteiger partial charge in [0.05, 0.1) is 4.08 Å². The summed E-state index contributed by atoms with van der Waals surface area (Å²) >= 11 is 3.60. The Morgan fingerprint density at radius 1 is 1.14 bits per heavy atom. The predicted octanol–water partition coefficient (Wildman–Crippen LogP) is 2.89. The first-order valence-electron chi connectivity index (χ1n) is 12.7. The number of likely N-dealkylation sites (tertiary alicyclic amines) is 1. The minimum Gasteiger partial charge on any atom is -0.444 e. The Labute approximate surface area is 222 Å². The van der Waals surface area contributed by atoms with Gasteiger partial charge in [-0.3, -0.25) is 19.6 Å². The fraction of sp³-hybridized carbons (Fsp3) is 0.833. The Hall–Kier alpha value is -1.66. The SMILES string of the molecule is CC[C@H](C)[C@H](NC(=O)OC(C)(C)C)C(=O)N1CC2(C[C@H]1C(=O)NCCCCCC(=O)NO)SCCS2. The molecule has 0 aromatic carbocycles. The maximum absolute atomic E-state index is 13.8. The van der Waals surface area contributed by atoms with E-state index in [0.29, 0.717) is 38.8 Å². The van der Waals surface area contributed by atoms with Crippen molar-refractivity contribution in [2.45, 2.75) is 94.9 Å². The summed E-state index contributed by atoms with van der Waals surface area (Å²) in [5.74, 6) is 0.954. The standard InChI is InChI=1S/C24H42N4O6S2/c1-6-16(2)19(26-22(32)34-23(3,4)5)21(31)28-15-24(35-12-13-36-24)14-17(28)20(30)25-11-9-7-8-10-18(29)27-33/h16-17,19,33H,6-15H2,1-5H3,(H,25,30)(H,26,32)(H,27,29)/t16-,17-,19-/m0/s1. The Balaban J connectivity index is 2.07. The number of hydrogen-bond acceptors (Lipinski definition) is 8. The van der Waals surface area contributed by atoms with Crippen LogP contribution in [0.25, 0.3) is 0 Å². The van der Waals surface area contributed by atoms with Crippen LogP contribution in [0.2, 0.25) is 0 Å².